The monoisotopic (exact) mass is 422 g/mol. The molecule has 0 aromatic carbocycles. The summed E-state index contributed by atoms with van der Waals surface area (Å²) in [6.45, 7) is 0. The van der Waals surface area contributed by atoms with E-state index in [0.29, 0.717) is 0 Å². The van der Waals surface area contributed by atoms with E-state index in [1.165, 1.54) is 64.0 Å². The number of hydrogen-bond donors (Lipinski definition) is 0. The van der Waals surface area contributed by atoms with Crippen molar-refractivity contribution in [3.63, 3.8) is 0 Å². The zero-order valence-electron chi connectivity index (χ0n) is 16.0. The van der Waals surface area contributed by atoms with E-state index in [2.05, 4.69) is 0 Å². The van der Waals surface area contributed by atoms with Crippen LogP contribution in [0, 0.1) is 0 Å². The molecule has 0 aliphatic rings. The van der Waals surface area contributed by atoms with Crippen molar-refractivity contribution in [1.29, 1.82) is 0 Å². The molecule has 16 heteroatoms. The molecular formula is C9H27BO12Si3. The predicted molar refractivity (Wildman–Crippen MR) is 89.4 cm³/mol. The van der Waals surface area contributed by atoms with Crippen molar-refractivity contribution >= 4 is 34.5 Å². The first-order valence-electron chi connectivity index (χ1n) is 6.83. The highest BCUT2D eigenvalue weighted by atomic mass is 28.4. The predicted octanol–water partition coefficient (Wildman–Crippen LogP) is -0.854. The smallest absolute Gasteiger partial charge is 0.363 e. The van der Waals surface area contributed by atoms with Crippen LogP contribution in [0.5, 0.6) is 0 Å². The fourth-order valence-corrected chi connectivity index (χ4v) is 5.26. The molecule has 150 valence electrons. The maximum atomic E-state index is 5.62. The van der Waals surface area contributed by atoms with E-state index < -0.39 is 34.5 Å². The van der Waals surface area contributed by atoms with Crippen molar-refractivity contribution in [2.75, 3.05) is 64.0 Å². The molecule has 25 heavy (non-hydrogen) atoms. The van der Waals surface area contributed by atoms with Crippen LogP contribution in [0.1, 0.15) is 0 Å². The first kappa shape index (κ1) is 25.2. The van der Waals surface area contributed by atoms with Gasteiger partial charge in [0.15, 0.2) is 0 Å². The van der Waals surface area contributed by atoms with Crippen LogP contribution >= 0.6 is 0 Å². The van der Waals surface area contributed by atoms with Gasteiger partial charge in [-0.1, -0.05) is 0 Å². The lowest BCUT2D eigenvalue weighted by Crippen LogP contribution is -2.61. The minimum absolute atomic E-state index is 1.34. The van der Waals surface area contributed by atoms with Crippen LogP contribution in [0.15, 0.2) is 0 Å². The summed E-state index contributed by atoms with van der Waals surface area (Å²) in [4.78, 5) is 0. The van der Waals surface area contributed by atoms with Crippen molar-refractivity contribution in [3.05, 3.63) is 0 Å². The fraction of sp³-hybridized carbons (Fsp3) is 1.00. The van der Waals surface area contributed by atoms with Gasteiger partial charge in [-0.3, -0.25) is 0 Å². The zero-order valence-corrected chi connectivity index (χ0v) is 19.0. The molecule has 0 saturated heterocycles. The van der Waals surface area contributed by atoms with Crippen molar-refractivity contribution in [3.8, 4) is 0 Å². The summed E-state index contributed by atoms with van der Waals surface area (Å²) in [5.41, 5.74) is 0. The average Bonchev–Trinajstić information content (AvgIpc) is 2.68. The maximum Gasteiger partial charge on any atom is 0.667 e. The molecule has 0 bridgehead atoms. The largest absolute Gasteiger partial charge is 0.667 e. The van der Waals surface area contributed by atoms with E-state index in [0.717, 1.165) is 0 Å². The third kappa shape index (κ3) is 6.72. The summed E-state index contributed by atoms with van der Waals surface area (Å²) in [6.07, 6.45) is 0. The molecule has 0 spiro atoms. The Bertz CT molecular complexity index is 278. The minimum atomic E-state index is -3.60. The highest BCUT2D eigenvalue weighted by molar-refractivity contribution is 6.72. The Morgan fingerprint density at radius 1 is 0.360 bits per heavy atom. The SMILES string of the molecule is CO[Si](OC)(OC)OB(O[Si](OC)(OC)OC)O[Si](OC)(OC)OC. The standard InChI is InChI=1S/C9H27BO12Si3/c1-11-23(12-2,13-3)20-10(21-24(14-4,15-5)16-6)22-25(17-7,18-8)19-9/h1-9H3. The first-order chi connectivity index (χ1) is 11.8. The van der Waals surface area contributed by atoms with Gasteiger partial charge in [-0.2, -0.15) is 0 Å². The highest BCUT2D eigenvalue weighted by Crippen LogP contribution is 2.20. The van der Waals surface area contributed by atoms with E-state index >= 15 is 0 Å². The topological polar surface area (TPSA) is 111 Å². The second-order valence-electron chi connectivity index (χ2n) is 3.98. The molecule has 0 aliphatic carbocycles. The Morgan fingerprint density at radius 2 is 0.520 bits per heavy atom. The molecule has 12 nitrogen and oxygen atoms in total. The van der Waals surface area contributed by atoms with Crippen LogP contribution in [0.3, 0.4) is 0 Å². The van der Waals surface area contributed by atoms with E-state index in [1.807, 2.05) is 0 Å². The Morgan fingerprint density at radius 3 is 0.640 bits per heavy atom. The molecular weight excluding hydrogens is 395 g/mol. The summed E-state index contributed by atoms with van der Waals surface area (Å²) in [7, 11) is -0.220. The second kappa shape index (κ2) is 11.8. The summed E-state index contributed by atoms with van der Waals surface area (Å²) >= 11 is 0. The number of rotatable bonds is 15. The average molecular weight is 422 g/mol. The van der Waals surface area contributed by atoms with Crippen LogP contribution < -0.4 is 0 Å². The highest BCUT2D eigenvalue weighted by Gasteiger charge is 2.58. The van der Waals surface area contributed by atoms with Gasteiger partial charge in [0.2, 0.25) is 0 Å². The second-order valence-corrected chi connectivity index (χ2v) is 11.4. The van der Waals surface area contributed by atoms with E-state index in [-0.39, 0.29) is 0 Å². The molecule has 0 heterocycles. The van der Waals surface area contributed by atoms with Gasteiger partial charge in [-0.15, -0.1) is 0 Å². The van der Waals surface area contributed by atoms with Crippen molar-refractivity contribution in [1.82, 2.24) is 0 Å². The van der Waals surface area contributed by atoms with Crippen molar-refractivity contribution in [2.24, 2.45) is 0 Å². The lowest BCUT2D eigenvalue weighted by atomic mass is 10.3. The first-order valence-corrected chi connectivity index (χ1v) is 11.7. The van der Waals surface area contributed by atoms with Gasteiger partial charge < -0.3 is 52.9 Å². The molecule has 0 N–H and O–H groups in total. The summed E-state index contributed by atoms with van der Waals surface area (Å²) < 4.78 is 63.6. The molecule has 0 unspecified atom stereocenters. The molecule has 0 aromatic heterocycles. The van der Waals surface area contributed by atoms with Gasteiger partial charge >= 0.3 is 34.5 Å². The zero-order chi connectivity index (χ0) is 19.6. The molecule has 0 aliphatic heterocycles. The van der Waals surface area contributed by atoms with Gasteiger partial charge in [0.05, 0.1) is 0 Å². The lowest BCUT2D eigenvalue weighted by molar-refractivity contribution is -0.0132. The van der Waals surface area contributed by atoms with Crippen molar-refractivity contribution in [2.45, 2.75) is 0 Å². The van der Waals surface area contributed by atoms with Gasteiger partial charge in [0.1, 0.15) is 0 Å². The van der Waals surface area contributed by atoms with E-state index in [9.17, 15) is 0 Å². The minimum Gasteiger partial charge on any atom is -0.363 e. The third-order valence-corrected chi connectivity index (χ3v) is 8.92. The molecule has 0 radical (unpaired) electrons. The Labute approximate surface area is 152 Å². The van der Waals surface area contributed by atoms with E-state index in [4.69, 9.17) is 52.9 Å². The molecule has 0 aromatic rings. The van der Waals surface area contributed by atoms with Crippen LogP contribution in [0.2, 0.25) is 0 Å². The quantitative estimate of drug-likeness (QED) is 0.306. The molecule has 0 saturated carbocycles. The Balaban J connectivity index is 5.64. The Kier molecular flexibility index (Phi) is 12.0. The molecule has 0 fully saturated rings. The summed E-state index contributed by atoms with van der Waals surface area (Å²) in [5.74, 6) is 0. The number of hydrogen-bond acceptors (Lipinski definition) is 12. The normalized spacial score (nSPS) is 13.3. The summed E-state index contributed by atoms with van der Waals surface area (Å²) in [5, 5.41) is 0. The van der Waals surface area contributed by atoms with Gasteiger partial charge in [0.25, 0.3) is 0 Å². The van der Waals surface area contributed by atoms with Gasteiger partial charge in [0, 0.05) is 64.0 Å². The van der Waals surface area contributed by atoms with Crippen LogP contribution in [-0.4, -0.2) is 98.5 Å². The van der Waals surface area contributed by atoms with Gasteiger partial charge in [-0.05, 0) is 0 Å². The fourth-order valence-electron chi connectivity index (χ4n) is 1.61. The molecule has 0 amide bonds. The molecule has 0 atom stereocenters. The third-order valence-electron chi connectivity index (χ3n) is 2.97. The van der Waals surface area contributed by atoms with Crippen LogP contribution in [0.25, 0.3) is 0 Å². The van der Waals surface area contributed by atoms with Crippen LogP contribution in [0.4, 0.5) is 0 Å². The van der Waals surface area contributed by atoms with Crippen molar-refractivity contribution < 1.29 is 52.9 Å². The van der Waals surface area contributed by atoms with E-state index in [1.54, 1.807) is 0 Å². The molecule has 0 rings (SSSR count). The van der Waals surface area contributed by atoms with Gasteiger partial charge in [-0.25, -0.2) is 0 Å². The van der Waals surface area contributed by atoms with Crippen LogP contribution in [-0.2, 0) is 52.9 Å². The summed E-state index contributed by atoms with van der Waals surface area (Å²) in [6, 6.07) is 0. The Hall–Kier alpha value is 0.236. The lowest BCUT2D eigenvalue weighted by Gasteiger charge is -2.33. The maximum absolute atomic E-state index is 5.62.